The molecule has 0 spiro atoms. The summed E-state index contributed by atoms with van der Waals surface area (Å²) in [5, 5.41) is 11.9. The van der Waals surface area contributed by atoms with Gasteiger partial charge < -0.3 is 9.88 Å². The van der Waals surface area contributed by atoms with Gasteiger partial charge in [0.05, 0.1) is 5.25 Å². The Morgan fingerprint density at radius 3 is 2.48 bits per heavy atom. The zero-order valence-corrected chi connectivity index (χ0v) is 16.7. The van der Waals surface area contributed by atoms with Crippen molar-refractivity contribution in [2.45, 2.75) is 37.1 Å². The van der Waals surface area contributed by atoms with Gasteiger partial charge in [0.25, 0.3) is 0 Å². The Balaban J connectivity index is 1.72. The summed E-state index contributed by atoms with van der Waals surface area (Å²) < 4.78 is 1.89. The minimum absolute atomic E-state index is 0.0541. The van der Waals surface area contributed by atoms with E-state index in [2.05, 4.69) is 34.3 Å². The molecule has 0 radical (unpaired) electrons. The van der Waals surface area contributed by atoms with Crippen molar-refractivity contribution in [1.29, 1.82) is 0 Å². The fraction of sp³-hybridized carbons (Fsp3) is 0.300. The molecule has 27 heavy (non-hydrogen) atoms. The quantitative estimate of drug-likeness (QED) is 0.650. The number of nitrogens with zero attached hydrogens (tertiary/aromatic N) is 4. The second kappa shape index (κ2) is 8.35. The normalized spacial score (nSPS) is 12.2. The van der Waals surface area contributed by atoms with E-state index in [1.165, 1.54) is 11.8 Å². The molecular formula is C20H23N5OS. The minimum Gasteiger partial charge on any atom is -0.325 e. The van der Waals surface area contributed by atoms with E-state index in [1.807, 2.05) is 54.9 Å². The number of para-hydroxylation sites is 1. The van der Waals surface area contributed by atoms with E-state index in [9.17, 15) is 4.79 Å². The first kappa shape index (κ1) is 19.1. The van der Waals surface area contributed by atoms with E-state index in [1.54, 1.807) is 12.4 Å². The molecule has 0 unspecified atom stereocenters. The average Bonchev–Trinajstić information content (AvgIpc) is 3.03. The lowest BCUT2D eigenvalue weighted by atomic mass is 10.0. The molecule has 6 nitrogen and oxygen atoms in total. The second-order valence-electron chi connectivity index (χ2n) is 6.59. The largest absolute Gasteiger partial charge is 0.325 e. The molecular weight excluding hydrogens is 358 g/mol. The highest BCUT2D eigenvalue weighted by atomic mass is 32.2. The number of aromatic nitrogens is 4. The summed E-state index contributed by atoms with van der Waals surface area (Å²) in [5.41, 5.74) is 2.93. The predicted octanol–water partition coefficient (Wildman–Crippen LogP) is 4.12. The van der Waals surface area contributed by atoms with Crippen LogP contribution in [0.15, 0.2) is 53.9 Å². The number of hydrogen-bond acceptors (Lipinski definition) is 5. The van der Waals surface area contributed by atoms with E-state index in [0.29, 0.717) is 11.1 Å². The van der Waals surface area contributed by atoms with Crippen molar-refractivity contribution in [2.75, 3.05) is 5.32 Å². The number of nitrogens with one attached hydrogen (secondary N) is 1. The van der Waals surface area contributed by atoms with E-state index >= 15 is 0 Å². The summed E-state index contributed by atoms with van der Waals surface area (Å²) in [5.74, 6) is 1.03. The van der Waals surface area contributed by atoms with Crippen molar-refractivity contribution >= 4 is 23.4 Å². The number of hydrogen-bond donors (Lipinski definition) is 1. The zero-order chi connectivity index (χ0) is 19.4. The fourth-order valence-corrected chi connectivity index (χ4v) is 3.54. The molecule has 0 aliphatic carbocycles. The molecule has 7 heteroatoms. The van der Waals surface area contributed by atoms with Gasteiger partial charge in [0, 0.05) is 30.7 Å². The maximum absolute atomic E-state index is 12.7. The van der Waals surface area contributed by atoms with Crippen LogP contribution in [-0.4, -0.2) is 30.9 Å². The van der Waals surface area contributed by atoms with Crippen LogP contribution in [0.4, 0.5) is 5.69 Å². The monoisotopic (exact) mass is 381 g/mol. The van der Waals surface area contributed by atoms with E-state index in [4.69, 9.17) is 0 Å². The molecule has 140 valence electrons. The molecule has 1 N–H and O–H groups in total. The Labute approximate surface area is 163 Å². The van der Waals surface area contributed by atoms with Gasteiger partial charge >= 0.3 is 0 Å². The van der Waals surface area contributed by atoms with Gasteiger partial charge in [-0.1, -0.05) is 43.8 Å². The average molecular weight is 382 g/mol. The van der Waals surface area contributed by atoms with E-state index < -0.39 is 0 Å². The number of benzene rings is 1. The van der Waals surface area contributed by atoms with Crippen LogP contribution in [-0.2, 0) is 11.8 Å². The number of thioether (sulfide) groups is 1. The van der Waals surface area contributed by atoms with Crippen molar-refractivity contribution in [3.05, 3.63) is 54.4 Å². The van der Waals surface area contributed by atoms with Crippen molar-refractivity contribution in [3.8, 4) is 11.4 Å². The molecule has 3 rings (SSSR count). The maximum Gasteiger partial charge on any atom is 0.237 e. The van der Waals surface area contributed by atoms with Crippen molar-refractivity contribution in [2.24, 2.45) is 7.05 Å². The Bertz CT molecular complexity index is 923. The van der Waals surface area contributed by atoms with Crippen LogP contribution in [0.25, 0.3) is 11.4 Å². The molecule has 0 aliphatic rings. The molecule has 0 saturated heterocycles. The zero-order valence-electron chi connectivity index (χ0n) is 15.9. The fourth-order valence-electron chi connectivity index (χ4n) is 2.73. The SMILES string of the molecule is CC(C)c1ccccc1NC(=O)[C@H](C)Sc1nnc(-c2ccncc2)n1C. The molecule has 1 aromatic carbocycles. The van der Waals surface area contributed by atoms with Crippen molar-refractivity contribution in [3.63, 3.8) is 0 Å². The van der Waals surface area contributed by atoms with Crippen LogP contribution in [0.1, 0.15) is 32.3 Å². The molecule has 3 aromatic rings. The summed E-state index contributed by atoms with van der Waals surface area (Å²) in [6.07, 6.45) is 3.44. The topological polar surface area (TPSA) is 72.7 Å². The Kier molecular flexibility index (Phi) is 5.91. The maximum atomic E-state index is 12.7. The van der Waals surface area contributed by atoms with Gasteiger partial charge in [-0.25, -0.2) is 0 Å². The number of pyridine rings is 1. The van der Waals surface area contributed by atoms with Crippen LogP contribution < -0.4 is 5.32 Å². The van der Waals surface area contributed by atoms with Gasteiger partial charge in [-0.05, 0) is 36.6 Å². The first-order valence-corrected chi connectivity index (χ1v) is 9.71. The Morgan fingerprint density at radius 1 is 1.07 bits per heavy atom. The molecule has 0 saturated carbocycles. The lowest BCUT2D eigenvalue weighted by Gasteiger charge is -2.16. The molecule has 0 fully saturated rings. The Morgan fingerprint density at radius 2 is 1.78 bits per heavy atom. The van der Waals surface area contributed by atoms with Crippen LogP contribution in [0.3, 0.4) is 0 Å². The first-order chi connectivity index (χ1) is 13.0. The third-order valence-electron chi connectivity index (χ3n) is 4.27. The Hall–Kier alpha value is -2.67. The standard InChI is InChI=1S/C20H23N5OS/c1-13(2)16-7-5-6-8-17(16)22-19(26)14(3)27-20-24-23-18(25(20)4)15-9-11-21-12-10-15/h5-14H,1-4H3,(H,22,26)/t14-/m0/s1. The molecule has 1 atom stereocenters. The van der Waals surface area contributed by atoms with Crippen molar-refractivity contribution in [1.82, 2.24) is 19.7 Å². The predicted molar refractivity (Wildman–Crippen MR) is 109 cm³/mol. The smallest absolute Gasteiger partial charge is 0.237 e. The molecule has 0 bridgehead atoms. The van der Waals surface area contributed by atoms with Gasteiger partial charge in [-0.2, -0.15) is 0 Å². The molecule has 0 aliphatic heterocycles. The van der Waals surface area contributed by atoms with Gasteiger partial charge in [0.15, 0.2) is 11.0 Å². The molecule has 1 amide bonds. The van der Waals surface area contributed by atoms with Crippen LogP contribution in [0.2, 0.25) is 0 Å². The summed E-state index contributed by atoms with van der Waals surface area (Å²) in [6.45, 7) is 6.10. The minimum atomic E-state index is -0.307. The molecule has 2 aromatic heterocycles. The molecule has 2 heterocycles. The van der Waals surface area contributed by atoms with Gasteiger partial charge in [-0.3, -0.25) is 9.78 Å². The van der Waals surface area contributed by atoms with Crippen LogP contribution in [0, 0.1) is 0 Å². The van der Waals surface area contributed by atoms with E-state index in [-0.39, 0.29) is 11.2 Å². The van der Waals surface area contributed by atoms with Crippen LogP contribution >= 0.6 is 11.8 Å². The highest BCUT2D eigenvalue weighted by Crippen LogP contribution is 2.28. The van der Waals surface area contributed by atoms with Gasteiger partial charge in [-0.15, -0.1) is 10.2 Å². The first-order valence-electron chi connectivity index (χ1n) is 8.83. The number of carbonyl (C=O) groups is 1. The van der Waals surface area contributed by atoms with Gasteiger partial charge in [0.2, 0.25) is 5.91 Å². The number of carbonyl (C=O) groups excluding carboxylic acids is 1. The highest BCUT2D eigenvalue weighted by molar-refractivity contribution is 8.00. The summed E-state index contributed by atoms with van der Waals surface area (Å²) in [4.78, 5) is 16.7. The second-order valence-corrected chi connectivity index (χ2v) is 7.90. The summed E-state index contributed by atoms with van der Waals surface area (Å²) in [7, 11) is 1.90. The number of amides is 1. The van der Waals surface area contributed by atoms with Gasteiger partial charge in [0.1, 0.15) is 0 Å². The lowest BCUT2D eigenvalue weighted by molar-refractivity contribution is -0.115. The number of anilines is 1. The number of rotatable bonds is 6. The third kappa shape index (κ3) is 4.36. The summed E-state index contributed by atoms with van der Waals surface area (Å²) >= 11 is 1.39. The van der Waals surface area contributed by atoms with E-state index in [0.717, 1.165) is 22.6 Å². The van der Waals surface area contributed by atoms with Crippen molar-refractivity contribution < 1.29 is 4.79 Å². The third-order valence-corrected chi connectivity index (χ3v) is 5.40. The lowest BCUT2D eigenvalue weighted by Crippen LogP contribution is -2.23. The summed E-state index contributed by atoms with van der Waals surface area (Å²) in [6, 6.07) is 11.7. The highest BCUT2D eigenvalue weighted by Gasteiger charge is 2.20. The van der Waals surface area contributed by atoms with Crippen LogP contribution in [0.5, 0.6) is 0 Å².